The van der Waals surface area contributed by atoms with Gasteiger partial charge in [0.15, 0.2) is 5.78 Å². The van der Waals surface area contributed by atoms with E-state index in [1.165, 1.54) is 37.7 Å². The van der Waals surface area contributed by atoms with Gasteiger partial charge in [0.1, 0.15) is 6.10 Å². The highest BCUT2D eigenvalue weighted by Gasteiger charge is 2.60. The number of carbonyl (C=O) groups excluding carboxylic acids is 2. The van der Waals surface area contributed by atoms with Gasteiger partial charge in [0.25, 0.3) is 0 Å². The number of rotatable bonds is 2. The Morgan fingerprint density at radius 1 is 0.912 bits per heavy atom. The topological polar surface area (TPSA) is 46.6 Å². The fourth-order valence-corrected chi connectivity index (χ4v) is 9.08. The fourth-order valence-electron chi connectivity index (χ4n) is 8.95. The summed E-state index contributed by atoms with van der Waals surface area (Å²) in [5, 5.41) is 0.673. The number of anilines is 1. The molecule has 182 valence electrons. The van der Waals surface area contributed by atoms with Gasteiger partial charge in [-0.1, -0.05) is 31.0 Å². The van der Waals surface area contributed by atoms with E-state index in [2.05, 4.69) is 13.8 Å². The lowest BCUT2D eigenvalue weighted by Crippen LogP contribution is -2.53. The maximum absolute atomic E-state index is 13.0. The summed E-state index contributed by atoms with van der Waals surface area (Å²) in [4.78, 5) is 26.9. The van der Waals surface area contributed by atoms with Crippen LogP contribution in [0.5, 0.6) is 0 Å². The van der Waals surface area contributed by atoms with Crippen LogP contribution in [0.2, 0.25) is 5.02 Å². The van der Waals surface area contributed by atoms with Gasteiger partial charge in [0.05, 0.1) is 0 Å². The van der Waals surface area contributed by atoms with E-state index in [0.717, 1.165) is 37.3 Å². The molecule has 5 aliphatic rings. The summed E-state index contributed by atoms with van der Waals surface area (Å²) >= 11 is 6.03. The van der Waals surface area contributed by atoms with Gasteiger partial charge in [0.2, 0.25) is 0 Å². The van der Waals surface area contributed by atoms with Crippen molar-refractivity contribution in [1.29, 1.82) is 0 Å². The Morgan fingerprint density at radius 2 is 1.68 bits per heavy atom. The monoisotopic (exact) mass is 481 g/mol. The molecule has 0 radical (unpaired) electrons. The van der Waals surface area contributed by atoms with Crippen LogP contribution in [0.1, 0.15) is 71.6 Å². The zero-order valence-corrected chi connectivity index (χ0v) is 21.2. The van der Waals surface area contributed by atoms with E-state index >= 15 is 0 Å². The molecule has 0 bridgehead atoms. The molecule has 6 rings (SSSR count). The van der Waals surface area contributed by atoms with Crippen LogP contribution in [0.4, 0.5) is 10.5 Å². The lowest BCUT2D eigenvalue weighted by Gasteiger charge is -2.58. The van der Waals surface area contributed by atoms with Gasteiger partial charge in [0, 0.05) is 36.0 Å². The highest BCUT2D eigenvalue weighted by molar-refractivity contribution is 6.30. The van der Waals surface area contributed by atoms with E-state index in [4.69, 9.17) is 16.3 Å². The molecule has 3 saturated carbocycles. The summed E-state index contributed by atoms with van der Waals surface area (Å²) in [6.45, 7) is 5.66. The lowest BCUT2D eigenvalue weighted by molar-refractivity contribution is -0.118. The van der Waals surface area contributed by atoms with Crippen LogP contribution in [-0.4, -0.2) is 24.5 Å². The molecule has 1 aromatic carbocycles. The number of carbonyl (C=O) groups is 2. The summed E-state index contributed by atoms with van der Waals surface area (Å²) in [6.07, 6.45) is 11.6. The third-order valence-electron chi connectivity index (χ3n) is 10.7. The Kier molecular flexibility index (Phi) is 5.40. The van der Waals surface area contributed by atoms with Gasteiger partial charge in [-0.25, -0.2) is 4.79 Å². The maximum Gasteiger partial charge on any atom is 0.414 e. The number of cyclic esters (lactones) is 1. The van der Waals surface area contributed by atoms with Crippen LogP contribution >= 0.6 is 11.6 Å². The summed E-state index contributed by atoms with van der Waals surface area (Å²) in [7, 11) is 0. The van der Waals surface area contributed by atoms with Crippen LogP contribution in [0.3, 0.4) is 0 Å². The minimum atomic E-state index is -0.217. The van der Waals surface area contributed by atoms with E-state index in [1.807, 2.05) is 30.3 Å². The number of nitrogens with zero attached hydrogens (tertiary/aromatic N) is 1. The minimum Gasteiger partial charge on any atom is -0.445 e. The van der Waals surface area contributed by atoms with Gasteiger partial charge >= 0.3 is 6.09 Å². The van der Waals surface area contributed by atoms with E-state index in [-0.39, 0.29) is 23.0 Å². The largest absolute Gasteiger partial charge is 0.445 e. The zero-order valence-electron chi connectivity index (χ0n) is 20.4. The van der Waals surface area contributed by atoms with E-state index in [1.54, 1.807) is 4.90 Å². The molecule has 0 aromatic heterocycles. The Hall–Kier alpha value is -1.81. The van der Waals surface area contributed by atoms with Crippen molar-refractivity contribution in [3.05, 3.63) is 40.9 Å². The normalized spacial score (nSPS) is 41.8. The molecular formula is C29H36ClNO3. The molecule has 1 aliphatic heterocycles. The van der Waals surface area contributed by atoms with Gasteiger partial charge in [-0.2, -0.15) is 0 Å². The number of hydrogen-bond acceptors (Lipinski definition) is 3. The highest BCUT2D eigenvalue weighted by atomic mass is 35.5. The first-order chi connectivity index (χ1) is 16.3. The molecular weight excluding hydrogens is 446 g/mol. The molecule has 34 heavy (non-hydrogen) atoms. The predicted molar refractivity (Wildman–Crippen MR) is 134 cm³/mol. The van der Waals surface area contributed by atoms with Crippen LogP contribution < -0.4 is 4.90 Å². The standard InChI is InChI=1S/C29H36ClNO3/c1-28-14-11-21(32)17-18(28)3-8-22-23-9-10-25(29(23,2)15-12-24(22)28)26-13-16-31(27(33)34-26)20-6-4-19(30)5-7-20/h4-7,17,22-26H,3,8-16H2,1-2H3/t22-,23-,24-,25+,26?,28-,29-/m0/s1. The van der Waals surface area contributed by atoms with Gasteiger partial charge < -0.3 is 4.74 Å². The van der Waals surface area contributed by atoms with Crippen LogP contribution in [0.25, 0.3) is 0 Å². The number of ketones is 1. The van der Waals surface area contributed by atoms with Crippen molar-refractivity contribution < 1.29 is 14.3 Å². The number of benzene rings is 1. The molecule has 4 aliphatic carbocycles. The van der Waals surface area contributed by atoms with Gasteiger partial charge in [-0.05, 0) is 104 Å². The second kappa shape index (κ2) is 8.11. The SMILES string of the molecule is C[C@]12CC[C@H]3[C@@H](CCC4=CC(=O)CC[C@@]43C)[C@@H]1CC[C@@H]2C1CCN(c2ccc(Cl)cc2)C(=O)O1. The molecule has 1 heterocycles. The maximum atomic E-state index is 13.0. The number of halogens is 1. The first kappa shape index (κ1) is 22.6. The molecule has 1 unspecified atom stereocenters. The molecule has 1 amide bonds. The van der Waals surface area contributed by atoms with Crippen LogP contribution in [0, 0.1) is 34.5 Å². The predicted octanol–water partition coefficient (Wildman–Crippen LogP) is 7.20. The van der Waals surface area contributed by atoms with Crippen molar-refractivity contribution in [2.45, 2.75) is 77.7 Å². The first-order valence-corrected chi connectivity index (χ1v) is 13.6. The molecule has 7 atom stereocenters. The number of hydrogen-bond donors (Lipinski definition) is 0. The summed E-state index contributed by atoms with van der Waals surface area (Å²) in [6, 6.07) is 7.43. The van der Waals surface area contributed by atoms with Crippen molar-refractivity contribution in [2.75, 3.05) is 11.4 Å². The molecule has 4 nitrogen and oxygen atoms in total. The molecule has 5 heteroatoms. The Balaban J connectivity index is 1.19. The molecule has 0 N–H and O–H groups in total. The van der Waals surface area contributed by atoms with Crippen molar-refractivity contribution in [1.82, 2.24) is 0 Å². The molecule has 4 fully saturated rings. The number of ether oxygens (including phenoxy) is 1. The Morgan fingerprint density at radius 3 is 2.44 bits per heavy atom. The average molecular weight is 482 g/mol. The third-order valence-corrected chi connectivity index (χ3v) is 11.0. The average Bonchev–Trinajstić information content (AvgIpc) is 3.17. The van der Waals surface area contributed by atoms with Crippen molar-refractivity contribution in [2.24, 2.45) is 34.5 Å². The van der Waals surface area contributed by atoms with Gasteiger partial charge in [-0.3, -0.25) is 9.69 Å². The van der Waals surface area contributed by atoms with Crippen molar-refractivity contribution in [3.8, 4) is 0 Å². The summed E-state index contributed by atoms with van der Waals surface area (Å²) < 4.78 is 6.14. The summed E-state index contributed by atoms with van der Waals surface area (Å²) in [5.74, 6) is 2.93. The highest BCUT2D eigenvalue weighted by Crippen LogP contribution is 2.67. The molecule has 1 saturated heterocycles. The van der Waals surface area contributed by atoms with Gasteiger partial charge in [-0.15, -0.1) is 0 Å². The van der Waals surface area contributed by atoms with Crippen LogP contribution in [-0.2, 0) is 9.53 Å². The quantitative estimate of drug-likeness (QED) is 0.448. The zero-order chi connectivity index (χ0) is 23.7. The molecule has 0 spiro atoms. The van der Waals surface area contributed by atoms with Crippen molar-refractivity contribution >= 4 is 29.2 Å². The Labute approximate surface area is 208 Å². The van der Waals surface area contributed by atoms with E-state index in [0.29, 0.717) is 35.1 Å². The number of amides is 1. The lowest BCUT2D eigenvalue weighted by atomic mass is 9.46. The summed E-state index contributed by atoms with van der Waals surface area (Å²) in [5.41, 5.74) is 2.75. The minimum absolute atomic E-state index is 0.0181. The third kappa shape index (κ3) is 3.38. The van der Waals surface area contributed by atoms with Crippen molar-refractivity contribution in [3.63, 3.8) is 0 Å². The van der Waals surface area contributed by atoms with E-state index < -0.39 is 0 Å². The smallest absolute Gasteiger partial charge is 0.414 e. The van der Waals surface area contributed by atoms with E-state index in [9.17, 15) is 9.59 Å². The fraction of sp³-hybridized carbons (Fsp3) is 0.655. The molecule has 1 aromatic rings. The number of fused-ring (bicyclic) bond motifs is 5. The second-order valence-electron chi connectivity index (χ2n) is 12.0. The second-order valence-corrected chi connectivity index (χ2v) is 12.5. The first-order valence-electron chi connectivity index (χ1n) is 13.3. The Bertz CT molecular complexity index is 1030. The number of allylic oxidation sites excluding steroid dienone is 1. The van der Waals surface area contributed by atoms with Crippen LogP contribution in [0.15, 0.2) is 35.9 Å².